The van der Waals surface area contributed by atoms with Gasteiger partial charge in [-0.15, -0.1) is 0 Å². The van der Waals surface area contributed by atoms with Crippen molar-refractivity contribution in [3.8, 4) is 22.4 Å². The molecule has 0 aliphatic heterocycles. The maximum absolute atomic E-state index is 5.59. The van der Waals surface area contributed by atoms with Crippen molar-refractivity contribution < 1.29 is 4.42 Å². The van der Waals surface area contributed by atoms with Crippen LogP contribution in [0.15, 0.2) is 77.5 Å². The number of pyridine rings is 1. The van der Waals surface area contributed by atoms with Gasteiger partial charge in [0.15, 0.2) is 0 Å². The summed E-state index contributed by atoms with van der Waals surface area (Å²) in [5, 5.41) is 7.90. The van der Waals surface area contributed by atoms with E-state index in [1.807, 2.05) is 37.4 Å². The summed E-state index contributed by atoms with van der Waals surface area (Å²) in [5.41, 5.74) is 7.32. The van der Waals surface area contributed by atoms with Crippen molar-refractivity contribution in [3.63, 3.8) is 0 Å². The number of hydrogen-bond acceptors (Lipinski definition) is 6. The lowest BCUT2D eigenvalue weighted by Gasteiger charge is -2.17. The molecule has 0 spiro atoms. The zero-order valence-corrected chi connectivity index (χ0v) is 20.5. The number of aromatic nitrogens is 3. The predicted molar refractivity (Wildman–Crippen MR) is 143 cm³/mol. The van der Waals surface area contributed by atoms with Gasteiger partial charge in [0.2, 0.25) is 0 Å². The van der Waals surface area contributed by atoms with Crippen molar-refractivity contribution in [1.82, 2.24) is 15.0 Å². The Balaban J connectivity index is 1.39. The number of benzene rings is 2. The van der Waals surface area contributed by atoms with Gasteiger partial charge in [-0.1, -0.05) is 18.2 Å². The summed E-state index contributed by atoms with van der Waals surface area (Å²) < 4.78 is 5.59. The Labute approximate surface area is 205 Å². The Morgan fingerprint density at radius 3 is 2.54 bits per heavy atom. The second kappa shape index (κ2) is 9.58. The van der Waals surface area contributed by atoms with E-state index in [4.69, 9.17) is 4.42 Å². The minimum Gasteiger partial charge on any atom is -0.464 e. The molecule has 2 aromatic carbocycles. The van der Waals surface area contributed by atoms with E-state index >= 15 is 0 Å². The molecule has 0 saturated heterocycles. The van der Waals surface area contributed by atoms with Crippen molar-refractivity contribution in [2.45, 2.75) is 33.7 Å². The first-order valence-electron chi connectivity index (χ1n) is 11.9. The third-order valence-corrected chi connectivity index (χ3v) is 6.11. The molecule has 3 aromatic heterocycles. The number of furan rings is 1. The van der Waals surface area contributed by atoms with Crippen molar-refractivity contribution in [2.75, 3.05) is 17.2 Å². The summed E-state index contributed by atoms with van der Waals surface area (Å²) in [5.74, 6) is 2.41. The van der Waals surface area contributed by atoms with E-state index in [9.17, 15) is 0 Å². The molecule has 3 heterocycles. The van der Waals surface area contributed by atoms with Gasteiger partial charge in [-0.05, 0) is 80.8 Å². The quantitative estimate of drug-likeness (QED) is 0.266. The highest BCUT2D eigenvalue weighted by Gasteiger charge is 2.12. The average molecular weight is 464 g/mol. The SMILES string of the molecule is CCNc1ccc(-c2cccc(C(C)Nc3cc(-c4ccc5occ(C)c5c4)nc(C)n3)c2)cn1. The van der Waals surface area contributed by atoms with Crippen molar-refractivity contribution >= 4 is 22.6 Å². The molecule has 6 nitrogen and oxygen atoms in total. The number of nitrogens with zero attached hydrogens (tertiary/aromatic N) is 3. The van der Waals surface area contributed by atoms with Gasteiger partial charge >= 0.3 is 0 Å². The first kappa shape index (κ1) is 22.6. The van der Waals surface area contributed by atoms with Crippen LogP contribution in [0.5, 0.6) is 0 Å². The summed E-state index contributed by atoms with van der Waals surface area (Å²) in [4.78, 5) is 13.8. The van der Waals surface area contributed by atoms with E-state index in [-0.39, 0.29) is 6.04 Å². The van der Waals surface area contributed by atoms with Crippen LogP contribution in [-0.4, -0.2) is 21.5 Å². The zero-order valence-electron chi connectivity index (χ0n) is 20.5. The van der Waals surface area contributed by atoms with Crippen LogP contribution in [0.25, 0.3) is 33.4 Å². The molecule has 1 unspecified atom stereocenters. The minimum absolute atomic E-state index is 0.0599. The number of hydrogen-bond donors (Lipinski definition) is 2. The largest absolute Gasteiger partial charge is 0.464 e. The standard InChI is InChI=1S/C29H29N5O/c1-5-30-28-12-10-24(16-31-28)22-8-6-7-21(13-22)19(3)32-29-15-26(33-20(4)34-29)23-9-11-27-25(14-23)18(2)17-35-27/h6-17,19H,5H2,1-4H3,(H,30,31)(H,32,33,34). The molecule has 5 rings (SSSR count). The second-order valence-corrected chi connectivity index (χ2v) is 8.77. The first-order chi connectivity index (χ1) is 17.0. The fraction of sp³-hybridized carbons (Fsp3) is 0.207. The molecule has 0 fully saturated rings. The molecule has 0 aliphatic rings. The molecule has 0 aliphatic carbocycles. The number of rotatable bonds is 7. The Kier molecular flexibility index (Phi) is 6.19. The lowest BCUT2D eigenvalue weighted by molar-refractivity contribution is 0.613. The molecule has 1 atom stereocenters. The number of aryl methyl sites for hydroxylation is 2. The Bertz CT molecular complexity index is 1470. The third kappa shape index (κ3) is 4.87. The van der Waals surface area contributed by atoms with E-state index in [1.165, 1.54) is 5.56 Å². The lowest BCUT2D eigenvalue weighted by atomic mass is 10.0. The fourth-order valence-electron chi connectivity index (χ4n) is 4.25. The van der Waals surface area contributed by atoms with Crippen molar-refractivity contribution in [3.05, 3.63) is 90.1 Å². The van der Waals surface area contributed by atoms with Crippen LogP contribution in [0.2, 0.25) is 0 Å². The van der Waals surface area contributed by atoms with E-state index in [0.717, 1.165) is 62.9 Å². The molecule has 5 aromatic rings. The Morgan fingerprint density at radius 2 is 1.74 bits per heavy atom. The van der Waals surface area contributed by atoms with Gasteiger partial charge in [0.1, 0.15) is 23.0 Å². The molecule has 0 radical (unpaired) electrons. The van der Waals surface area contributed by atoms with E-state index in [2.05, 4.69) is 82.8 Å². The van der Waals surface area contributed by atoms with Crippen LogP contribution in [0.3, 0.4) is 0 Å². The second-order valence-electron chi connectivity index (χ2n) is 8.77. The lowest BCUT2D eigenvalue weighted by Crippen LogP contribution is -2.09. The number of anilines is 2. The summed E-state index contributed by atoms with van der Waals surface area (Å²) >= 11 is 0. The highest BCUT2D eigenvalue weighted by Crippen LogP contribution is 2.29. The van der Waals surface area contributed by atoms with Crippen LogP contribution in [-0.2, 0) is 0 Å². The van der Waals surface area contributed by atoms with Crippen LogP contribution < -0.4 is 10.6 Å². The van der Waals surface area contributed by atoms with Crippen LogP contribution in [0.4, 0.5) is 11.6 Å². The van der Waals surface area contributed by atoms with Crippen LogP contribution in [0, 0.1) is 13.8 Å². The smallest absolute Gasteiger partial charge is 0.134 e. The van der Waals surface area contributed by atoms with Gasteiger partial charge in [0, 0.05) is 41.4 Å². The topological polar surface area (TPSA) is 75.9 Å². The molecule has 0 saturated carbocycles. The fourth-order valence-corrected chi connectivity index (χ4v) is 4.25. The van der Waals surface area contributed by atoms with Gasteiger partial charge in [-0.2, -0.15) is 0 Å². The Morgan fingerprint density at radius 1 is 0.886 bits per heavy atom. The van der Waals surface area contributed by atoms with Gasteiger partial charge in [-0.3, -0.25) is 0 Å². The van der Waals surface area contributed by atoms with Crippen LogP contribution >= 0.6 is 0 Å². The van der Waals surface area contributed by atoms with Gasteiger partial charge in [0.25, 0.3) is 0 Å². The summed E-state index contributed by atoms with van der Waals surface area (Å²) in [6.45, 7) is 9.03. The van der Waals surface area contributed by atoms with Gasteiger partial charge in [0.05, 0.1) is 12.0 Å². The molecule has 176 valence electrons. The average Bonchev–Trinajstić information content (AvgIpc) is 3.24. The summed E-state index contributed by atoms with van der Waals surface area (Å²) in [6, 6.07) is 20.9. The van der Waals surface area contributed by atoms with Gasteiger partial charge < -0.3 is 15.1 Å². The summed E-state index contributed by atoms with van der Waals surface area (Å²) in [6.07, 6.45) is 3.70. The summed E-state index contributed by atoms with van der Waals surface area (Å²) in [7, 11) is 0. The maximum atomic E-state index is 5.59. The monoisotopic (exact) mass is 463 g/mol. The highest BCUT2D eigenvalue weighted by molar-refractivity contribution is 5.85. The van der Waals surface area contributed by atoms with E-state index < -0.39 is 0 Å². The van der Waals surface area contributed by atoms with Gasteiger partial charge in [-0.25, -0.2) is 15.0 Å². The third-order valence-electron chi connectivity index (χ3n) is 6.11. The molecule has 0 bridgehead atoms. The molecule has 2 N–H and O–H groups in total. The maximum Gasteiger partial charge on any atom is 0.134 e. The van der Waals surface area contributed by atoms with Crippen molar-refractivity contribution in [1.29, 1.82) is 0 Å². The molecule has 6 heteroatoms. The molecular formula is C29H29N5O. The normalized spacial score (nSPS) is 12.0. The molecule has 35 heavy (non-hydrogen) atoms. The predicted octanol–water partition coefficient (Wildman–Crippen LogP) is 7.17. The van der Waals surface area contributed by atoms with Crippen molar-refractivity contribution in [2.24, 2.45) is 0 Å². The zero-order chi connectivity index (χ0) is 24.4. The molecule has 0 amide bonds. The Hall–Kier alpha value is -4.19. The van der Waals surface area contributed by atoms with Crippen LogP contribution in [0.1, 0.15) is 36.8 Å². The number of nitrogens with one attached hydrogen (secondary N) is 2. The molecular weight excluding hydrogens is 434 g/mol. The first-order valence-corrected chi connectivity index (χ1v) is 11.9. The van der Waals surface area contributed by atoms with E-state index in [0.29, 0.717) is 0 Å². The highest BCUT2D eigenvalue weighted by atomic mass is 16.3. The van der Waals surface area contributed by atoms with E-state index in [1.54, 1.807) is 6.26 Å². The minimum atomic E-state index is 0.0599. The number of fused-ring (bicyclic) bond motifs is 1.